The van der Waals surface area contributed by atoms with Gasteiger partial charge in [-0.3, -0.25) is 9.69 Å². The fourth-order valence-corrected chi connectivity index (χ4v) is 2.20. The van der Waals surface area contributed by atoms with Crippen molar-refractivity contribution in [2.75, 3.05) is 20.3 Å². The summed E-state index contributed by atoms with van der Waals surface area (Å²) in [6.45, 7) is 5.36. The lowest BCUT2D eigenvalue weighted by Crippen LogP contribution is -2.50. The summed E-state index contributed by atoms with van der Waals surface area (Å²) in [5.41, 5.74) is 0. The Morgan fingerprint density at radius 3 is 2.60 bits per heavy atom. The first kappa shape index (κ1) is 12.5. The molecule has 0 radical (unpaired) electrons. The monoisotopic (exact) mass is 215 g/mol. The third-order valence-electron chi connectivity index (χ3n) is 3.04. The summed E-state index contributed by atoms with van der Waals surface area (Å²) in [4.78, 5) is 13.1. The zero-order chi connectivity index (χ0) is 11.4. The van der Waals surface area contributed by atoms with Gasteiger partial charge in [0.1, 0.15) is 6.04 Å². The third-order valence-corrected chi connectivity index (χ3v) is 3.04. The molecule has 1 saturated heterocycles. The van der Waals surface area contributed by atoms with Crippen molar-refractivity contribution < 1.29 is 14.6 Å². The molecule has 1 heterocycles. The number of carbonyl (C=O) groups is 1. The number of aliphatic carboxylic acids is 1. The molecule has 1 N–H and O–H groups in total. The Morgan fingerprint density at radius 2 is 2.20 bits per heavy atom. The Balaban J connectivity index is 2.61. The van der Waals surface area contributed by atoms with Crippen LogP contribution in [0.25, 0.3) is 0 Å². The molecule has 4 heteroatoms. The Labute approximate surface area is 91.2 Å². The van der Waals surface area contributed by atoms with E-state index in [1.807, 2.05) is 25.8 Å². The number of likely N-dealkylation sites (N-methyl/N-ethyl adjacent to an activating group) is 1. The van der Waals surface area contributed by atoms with Crippen molar-refractivity contribution in [3.63, 3.8) is 0 Å². The summed E-state index contributed by atoms with van der Waals surface area (Å²) in [6, 6.07) is -0.154. The Morgan fingerprint density at radius 1 is 1.53 bits per heavy atom. The second-order valence-corrected chi connectivity index (χ2v) is 4.56. The van der Waals surface area contributed by atoms with Gasteiger partial charge in [-0.15, -0.1) is 0 Å². The van der Waals surface area contributed by atoms with Gasteiger partial charge in [0.2, 0.25) is 0 Å². The molecule has 0 bridgehead atoms. The molecule has 2 atom stereocenters. The van der Waals surface area contributed by atoms with Gasteiger partial charge in [0, 0.05) is 12.6 Å². The number of rotatable bonds is 4. The standard InChI is InChI=1S/C11H21NO3/c1-8(2)10(11(13)14)12(3)9-5-4-6-15-7-9/h8-10H,4-7H2,1-3H3,(H,13,14). The molecule has 15 heavy (non-hydrogen) atoms. The lowest BCUT2D eigenvalue weighted by atomic mass is 9.99. The fourth-order valence-electron chi connectivity index (χ4n) is 2.20. The molecule has 1 aliphatic rings. The second-order valence-electron chi connectivity index (χ2n) is 4.56. The maximum Gasteiger partial charge on any atom is 0.321 e. The van der Waals surface area contributed by atoms with E-state index >= 15 is 0 Å². The van der Waals surface area contributed by atoms with Gasteiger partial charge in [-0.25, -0.2) is 0 Å². The Bertz CT molecular complexity index is 212. The first-order chi connectivity index (χ1) is 7.04. The molecule has 0 saturated carbocycles. The van der Waals surface area contributed by atoms with E-state index in [0.29, 0.717) is 6.61 Å². The largest absolute Gasteiger partial charge is 0.480 e. The summed E-state index contributed by atoms with van der Waals surface area (Å²) >= 11 is 0. The SMILES string of the molecule is CC(C)C(C(=O)O)N(C)C1CCCOC1. The summed E-state index contributed by atoms with van der Waals surface area (Å²) in [7, 11) is 1.89. The van der Waals surface area contributed by atoms with E-state index in [2.05, 4.69) is 0 Å². The minimum absolute atomic E-state index is 0.120. The molecule has 1 fully saturated rings. The van der Waals surface area contributed by atoms with Crippen molar-refractivity contribution in [2.24, 2.45) is 5.92 Å². The van der Waals surface area contributed by atoms with Gasteiger partial charge in [-0.2, -0.15) is 0 Å². The third kappa shape index (κ3) is 3.18. The summed E-state index contributed by atoms with van der Waals surface area (Å²) in [5.74, 6) is -0.618. The molecule has 0 aliphatic carbocycles. The molecular formula is C11H21NO3. The van der Waals surface area contributed by atoms with Crippen molar-refractivity contribution in [1.82, 2.24) is 4.90 Å². The number of carboxylic acid groups (broad SMARTS) is 1. The number of carboxylic acids is 1. The molecule has 0 aromatic heterocycles. The predicted octanol–water partition coefficient (Wildman–Crippen LogP) is 1.21. The number of hydrogen-bond acceptors (Lipinski definition) is 3. The van der Waals surface area contributed by atoms with Crippen molar-refractivity contribution in [1.29, 1.82) is 0 Å². The zero-order valence-corrected chi connectivity index (χ0v) is 9.77. The normalized spacial score (nSPS) is 24.5. The van der Waals surface area contributed by atoms with E-state index in [1.54, 1.807) is 0 Å². The molecule has 4 nitrogen and oxygen atoms in total. The van der Waals surface area contributed by atoms with Crippen LogP contribution in [0.3, 0.4) is 0 Å². The molecule has 0 amide bonds. The van der Waals surface area contributed by atoms with Crippen LogP contribution in [0.5, 0.6) is 0 Å². The van der Waals surface area contributed by atoms with Crippen LogP contribution < -0.4 is 0 Å². The average Bonchev–Trinajstić information content (AvgIpc) is 2.18. The molecule has 2 unspecified atom stereocenters. The molecule has 88 valence electrons. The Kier molecular flexibility index (Phi) is 4.54. The van der Waals surface area contributed by atoms with Gasteiger partial charge in [-0.05, 0) is 25.8 Å². The van der Waals surface area contributed by atoms with Crippen molar-refractivity contribution >= 4 is 5.97 Å². The highest BCUT2D eigenvalue weighted by atomic mass is 16.5. The molecular weight excluding hydrogens is 194 g/mol. The minimum atomic E-state index is -0.738. The molecule has 1 rings (SSSR count). The number of nitrogens with zero attached hydrogens (tertiary/aromatic N) is 1. The van der Waals surface area contributed by atoms with E-state index in [9.17, 15) is 4.79 Å². The van der Waals surface area contributed by atoms with Crippen LogP contribution in [0, 0.1) is 5.92 Å². The average molecular weight is 215 g/mol. The molecule has 0 spiro atoms. The lowest BCUT2D eigenvalue weighted by Gasteiger charge is -2.36. The van der Waals surface area contributed by atoms with Crippen LogP contribution in [0.4, 0.5) is 0 Å². The van der Waals surface area contributed by atoms with Gasteiger partial charge in [0.25, 0.3) is 0 Å². The summed E-state index contributed by atoms with van der Waals surface area (Å²) < 4.78 is 5.38. The Hall–Kier alpha value is -0.610. The highest BCUT2D eigenvalue weighted by molar-refractivity contribution is 5.73. The topological polar surface area (TPSA) is 49.8 Å². The van der Waals surface area contributed by atoms with E-state index in [-0.39, 0.29) is 12.0 Å². The highest BCUT2D eigenvalue weighted by Gasteiger charge is 2.31. The van der Waals surface area contributed by atoms with Crippen molar-refractivity contribution in [3.8, 4) is 0 Å². The maximum absolute atomic E-state index is 11.1. The first-order valence-electron chi connectivity index (χ1n) is 5.56. The first-order valence-corrected chi connectivity index (χ1v) is 5.56. The minimum Gasteiger partial charge on any atom is -0.480 e. The van der Waals surface area contributed by atoms with Gasteiger partial charge >= 0.3 is 5.97 Å². The van der Waals surface area contributed by atoms with E-state index in [1.165, 1.54) is 0 Å². The zero-order valence-electron chi connectivity index (χ0n) is 9.77. The fraction of sp³-hybridized carbons (Fsp3) is 0.909. The van der Waals surface area contributed by atoms with Crippen molar-refractivity contribution in [2.45, 2.75) is 38.8 Å². The predicted molar refractivity (Wildman–Crippen MR) is 57.9 cm³/mol. The molecule has 1 aliphatic heterocycles. The lowest BCUT2D eigenvalue weighted by molar-refractivity contribution is -0.146. The summed E-state index contributed by atoms with van der Waals surface area (Å²) in [5, 5.41) is 9.16. The van der Waals surface area contributed by atoms with Crippen LogP contribution in [0.1, 0.15) is 26.7 Å². The van der Waals surface area contributed by atoms with Crippen LogP contribution in [-0.4, -0.2) is 48.3 Å². The van der Waals surface area contributed by atoms with Gasteiger partial charge in [-0.1, -0.05) is 13.8 Å². The van der Waals surface area contributed by atoms with Crippen LogP contribution >= 0.6 is 0 Å². The van der Waals surface area contributed by atoms with Crippen LogP contribution in [0.15, 0.2) is 0 Å². The van der Waals surface area contributed by atoms with Crippen LogP contribution in [0.2, 0.25) is 0 Å². The maximum atomic E-state index is 11.1. The van der Waals surface area contributed by atoms with Gasteiger partial charge in [0.15, 0.2) is 0 Å². The quantitative estimate of drug-likeness (QED) is 0.765. The molecule has 0 aromatic rings. The van der Waals surface area contributed by atoms with Crippen molar-refractivity contribution in [3.05, 3.63) is 0 Å². The second kappa shape index (κ2) is 5.47. The molecule has 0 aromatic carbocycles. The highest BCUT2D eigenvalue weighted by Crippen LogP contribution is 2.18. The number of hydrogen-bond donors (Lipinski definition) is 1. The smallest absolute Gasteiger partial charge is 0.321 e. The van der Waals surface area contributed by atoms with E-state index in [0.717, 1.165) is 19.4 Å². The summed E-state index contributed by atoms with van der Waals surface area (Å²) in [6.07, 6.45) is 2.06. The van der Waals surface area contributed by atoms with E-state index < -0.39 is 12.0 Å². The van der Waals surface area contributed by atoms with E-state index in [4.69, 9.17) is 9.84 Å². The van der Waals surface area contributed by atoms with Gasteiger partial charge in [0.05, 0.1) is 6.61 Å². The number of ether oxygens (including phenoxy) is 1. The van der Waals surface area contributed by atoms with Gasteiger partial charge < -0.3 is 9.84 Å². The van der Waals surface area contributed by atoms with Crippen LogP contribution in [-0.2, 0) is 9.53 Å².